The summed E-state index contributed by atoms with van der Waals surface area (Å²) in [5, 5.41) is 22.9. The number of carbonyl (C=O) groups is 1. The van der Waals surface area contributed by atoms with Crippen molar-refractivity contribution >= 4 is 29.0 Å². The minimum atomic E-state index is -0.681. The molecule has 29 heavy (non-hydrogen) atoms. The standard InChI is InChI=1S/C21H22N4O4/c1-4-24(5-2)17-8-6-15(7-9-17)12-16(14-22)21(26)23-19-13-18(25(27)28)10-11-20(19)29-3/h6-13H,4-5H2,1-3H3,(H,23,26)/b16-12+. The largest absolute Gasteiger partial charge is 0.495 e. The van der Waals surface area contributed by atoms with E-state index in [1.54, 1.807) is 0 Å². The van der Waals surface area contributed by atoms with Crippen LogP contribution in [0.2, 0.25) is 0 Å². The van der Waals surface area contributed by atoms with E-state index in [-0.39, 0.29) is 22.7 Å². The number of hydrogen-bond donors (Lipinski definition) is 1. The third-order valence-corrected chi connectivity index (χ3v) is 4.34. The highest BCUT2D eigenvalue weighted by molar-refractivity contribution is 6.10. The summed E-state index contributed by atoms with van der Waals surface area (Å²) in [6.45, 7) is 5.89. The molecular formula is C21H22N4O4. The van der Waals surface area contributed by atoms with Crippen LogP contribution >= 0.6 is 0 Å². The Morgan fingerprint density at radius 1 is 1.24 bits per heavy atom. The number of nitrogens with zero attached hydrogens (tertiary/aromatic N) is 3. The monoisotopic (exact) mass is 394 g/mol. The summed E-state index contributed by atoms with van der Waals surface area (Å²) >= 11 is 0. The van der Waals surface area contributed by atoms with Gasteiger partial charge in [0, 0.05) is 30.9 Å². The van der Waals surface area contributed by atoms with Gasteiger partial charge in [-0.1, -0.05) is 12.1 Å². The molecule has 0 aliphatic rings. The zero-order valence-corrected chi connectivity index (χ0v) is 16.5. The molecule has 0 saturated carbocycles. The van der Waals surface area contributed by atoms with Gasteiger partial charge in [0.05, 0.1) is 17.7 Å². The lowest BCUT2D eigenvalue weighted by molar-refractivity contribution is -0.384. The molecule has 0 atom stereocenters. The van der Waals surface area contributed by atoms with E-state index in [0.717, 1.165) is 18.8 Å². The number of non-ortho nitro benzene ring substituents is 1. The molecule has 0 aliphatic heterocycles. The molecule has 0 spiro atoms. The maximum atomic E-state index is 12.5. The minimum Gasteiger partial charge on any atom is -0.495 e. The lowest BCUT2D eigenvalue weighted by atomic mass is 10.1. The number of hydrogen-bond acceptors (Lipinski definition) is 6. The van der Waals surface area contributed by atoms with Crippen molar-refractivity contribution in [3.8, 4) is 11.8 Å². The summed E-state index contributed by atoms with van der Waals surface area (Å²) in [4.78, 5) is 25.1. The fraction of sp³-hybridized carbons (Fsp3) is 0.238. The van der Waals surface area contributed by atoms with Gasteiger partial charge in [-0.3, -0.25) is 14.9 Å². The van der Waals surface area contributed by atoms with Crippen LogP contribution in [0.4, 0.5) is 17.1 Å². The molecule has 0 fully saturated rings. The number of ether oxygens (including phenoxy) is 1. The first-order valence-corrected chi connectivity index (χ1v) is 9.04. The summed E-state index contributed by atoms with van der Waals surface area (Å²) in [6, 6.07) is 13.2. The maximum Gasteiger partial charge on any atom is 0.271 e. The van der Waals surface area contributed by atoms with Gasteiger partial charge in [-0.25, -0.2) is 0 Å². The highest BCUT2D eigenvalue weighted by Gasteiger charge is 2.16. The first kappa shape index (κ1) is 21.4. The first-order chi connectivity index (χ1) is 13.9. The molecule has 1 N–H and O–H groups in total. The van der Waals surface area contributed by atoms with Gasteiger partial charge in [0.15, 0.2) is 0 Å². The molecule has 2 rings (SSSR count). The summed E-state index contributed by atoms with van der Waals surface area (Å²) in [5.41, 5.74) is 1.53. The molecule has 0 unspecified atom stereocenters. The third kappa shape index (κ3) is 5.32. The number of anilines is 2. The molecule has 0 radical (unpaired) electrons. The van der Waals surface area contributed by atoms with Crippen LogP contribution in [0.5, 0.6) is 5.75 Å². The van der Waals surface area contributed by atoms with Crippen LogP contribution in [0.25, 0.3) is 6.08 Å². The van der Waals surface area contributed by atoms with Gasteiger partial charge in [0.1, 0.15) is 17.4 Å². The summed E-state index contributed by atoms with van der Waals surface area (Å²) in [6.07, 6.45) is 1.46. The summed E-state index contributed by atoms with van der Waals surface area (Å²) in [5.74, 6) is -0.427. The number of benzene rings is 2. The van der Waals surface area contributed by atoms with Crippen molar-refractivity contribution in [1.82, 2.24) is 0 Å². The van der Waals surface area contributed by atoms with E-state index in [2.05, 4.69) is 24.1 Å². The van der Waals surface area contributed by atoms with Gasteiger partial charge in [-0.2, -0.15) is 5.26 Å². The van der Waals surface area contributed by atoms with E-state index in [9.17, 15) is 20.2 Å². The van der Waals surface area contributed by atoms with Crippen LogP contribution in [-0.4, -0.2) is 31.0 Å². The van der Waals surface area contributed by atoms with Gasteiger partial charge in [-0.05, 0) is 43.7 Å². The zero-order valence-electron chi connectivity index (χ0n) is 16.5. The van der Waals surface area contributed by atoms with Crippen molar-refractivity contribution < 1.29 is 14.5 Å². The molecular weight excluding hydrogens is 372 g/mol. The molecule has 2 aromatic rings. The van der Waals surface area contributed by atoms with Crippen LogP contribution in [-0.2, 0) is 4.79 Å². The Bertz CT molecular complexity index is 958. The van der Waals surface area contributed by atoms with E-state index in [1.807, 2.05) is 30.3 Å². The molecule has 0 aromatic heterocycles. The number of amides is 1. The molecule has 0 aliphatic carbocycles. The van der Waals surface area contributed by atoms with Crippen LogP contribution in [0.3, 0.4) is 0 Å². The van der Waals surface area contributed by atoms with E-state index >= 15 is 0 Å². The van der Waals surface area contributed by atoms with Gasteiger partial charge >= 0.3 is 0 Å². The number of rotatable bonds is 8. The second kappa shape index (κ2) is 9.90. The Hall–Kier alpha value is -3.86. The van der Waals surface area contributed by atoms with Crippen molar-refractivity contribution in [2.75, 3.05) is 30.4 Å². The SMILES string of the molecule is CCN(CC)c1ccc(/C=C(\C#N)C(=O)Nc2cc([N+](=O)[O-])ccc2OC)cc1. The predicted molar refractivity (Wildman–Crippen MR) is 112 cm³/mol. The quantitative estimate of drug-likeness (QED) is 0.314. The van der Waals surface area contributed by atoms with Crippen LogP contribution in [0, 0.1) is 21.4 Å². The average molecular weight is 394 g/mol. The third-order valence-electron chi connectivity index (χ3n) is 4.34. The highest BCUT2D eigenvalue weighted by Crippen LogP contribution is 2.29. The van der Waals surface area contributed by atoms with Crippen LogP contribution in [0.15, 0.2) is 48.0 Å². The Labute approximate surface area is 169 Å². The molecule has 0 heterocycles. The van der Waals surface area contributed by atoms with Crippen molar-refractivity contribution in [3.63, 3.8) is 0 Å². The first-order valence-electron chi connectivity index (χ1n) is 9.04. The second-order valence-electron chi connectivity index (χ2n) is 6.03. The van der Waals surface area contributed by atoms with E-state index in [0.29, 0.717) is 5.56 Å². The summed E-state index contributed by atoms with van der Waals surface area (Å²) in [7, 11) is 1.38. The molecule has 8 heteroatoms. The number of nitro benzene ring substituents is 1. The number of carbonyl (C=O) groups excluding carboxylic acids is 1. The van der Waals surface area contributed by atoms with Crippen LogP contribution in [0.1, 0.15) is 19.4 Å². The lowest BCUT2D eigenvalue weighted by Gasteiger charge is -2.20. The van der Waals surface area contributed by atoms with Crippen molar-refractivity contribution in [1.29, 1.82) is 5.26 Å². The fourth-order valence-electron chi connectivity index (χ4n) is 2.78. The molecule has 150 valence electrons. The lowest BCUT2D eigenvalue weighted by Crippen LogP contribution is -2.21. The zero-order chi connectivity index (χ0) is 21.4. The van der Waals surface area contributed by atoms with E-state index < -0.39 is 10.8 Å². The van der Waals surface area contributed by atoms with Crippen molar-refractivity contribution in [3.05, 3.63) is 63.7 Å². The van der Waals surface area contributed by atoms with E-state index in [1.165, 1.54) is 31.4 Å². The molecule has 2 aromatic carbocycles. The maximum absolute atomic E-state index is 12.5. The number of nitrogens with one attached hydrogen (secondary N) is 1. The minimum absolute atomic E-state index is 0.115. The van der Waals surface area contributed by atoms with Gasteiger partial charge in [0.25, 0.3) is 11.6 Å². The van der Waals surface area contributed by atoms with Gasteiger partial charge in [-0.15, -0.1) is 0 Å². The smallest absolute Gasteiger partial charge is 0.271 e. The number of nitro groups is 1. The molecule has 0 bridgehead atoms. The predicted octanol–water partition coefficient (Wildman–Crippen LogP) is 4.00. The van der Waals surface area contributed by atoms with E-state index in [4.69, 9.17) is 4.74 Å². The van der Waals surface area contributed by atoms with Crippen molar-refractivity contribution in [2.45, 2.75) is 13.8 Å². The molecule has 1 amide bonds. The molecule has 8 nitrogen and oxygen atoms in total. The Morgan fingerprint density at radius 3 is 2.41 bits per heavy atom. The van der Waals surface area contributed by atoms with Crippen molar-refractivity contribution in [2.24, 2.45) is 0 Å². The Balaban J connectivity index is 2.26. The topological polar surface area (TPSA) is 109 Å². The second-order valence-corrected chi connectivity index (χ2v) is 6.03. The highest BCUT2D eigenvalue weighted by atomic mass is 16.6. The normalized spacial score (nSPS) is 10.8. The number of nitriles is 1. The average Bonchev–Trinajstić information content (AvgIpc) is 2.73. The van der Waals surface area contributed by atoms with Gasteiger partial charge in [0.2, 0.25) is 0 Å². The fourth-order valence-corrected chi connectivity index (χ4v) is 2.78. The Kier molecular flexibility index (Phi) is 7.32. The molecule has 0 saturated heterocycles. The summed E-state index contributed by atoms with van der Waals surface area (Å²) < 4.78 is 5.13. The number of methoxy groups -OCH3 is 1. The van der Waals surface area contributed by atoms with Crippen LogP contribution < -0.4 is 15.0 Å². The Morgan fingerprint density at radius 2 is 1.90 bits per heavy atom. The van der Waals surface area contributed by atoms with Gasteiger partial charge < -0.3 is 15.0 Å².